The number of carbonyl (C=O) groups is 1. The molecule has 1 aromatic rings. The van der Waals surface area contributed by atoms with Gasteiger partial charge in [0.15, 0.2) is 0 Å². The van der Waals surface area contributed by atoms with Gasteiger partial charge in [-0.05, 0) is 49.8 Å². The fraction of sp³-hybridized carbons (Fsp3) is 0.533. The van der Waals surface area contributed by atoms with E-state index in [1.807, 2.05) is 0 Å². The van der Waals surface area contributed by atoms with E-state index in [-0.39, 0.29) is 12.2 Å². The average Bonchev–Trinajstić information content (AvgIpc) is 2.39. The standard InChI is InChI=1S/C15H22N2O2/c1-2-11-6-3-4-9-14(11)19-15(18)17-13-8-5-7-12(16)10-13/h5,7-8,10-11,14H,2-4,6,9,16H2,1H3,(H,17,18). The van der Waals surface area contributed by atoms with E-state index in [0.29, 0.717) is 17.3 Å². The zero-order chi connectivity index (χ0) is 13.7. The molecule has 1 aliphatic rings. The number of ether oxygens (including phenoxy) is 1. The van der Waals surface area contributed by atoms with E-state index in [1.54, 1.807) is 24.3 Å². The number of nitrogen functional groups attached to an aromatic ring is 1. The predicted octanol–water partition coefficient (Wildman–Crippen LogP) is 3.79. The van der Waals surface area contributed by atoms with E-state index in [9.17, 15) is 4.79 Å². The minimum Gasteiger partial charge on any atom is -0.446 e. The Morgan fingerprint density at radius 3 is 2.95 bits per heavy atom. The van der Waals surface area contributed by atoms with Crippen molar-refractivity contribution in [3.8, 4) is 0 Å². The summed E-state index contributed by atoms with van der Waals surface area (Å²) in [6, 6.07) is 7.11. The molecule has 0 aromatic heterocycles. The minimum atomic E-state index is -0.379. The second kappa shape index (κ2) is 6.45. The number of carbonyl (C=O) groups excluding carboxylic acids is 1. The lowest BCUT2D eigenvalue weighted by atomic mass is 9.85. The lowest BCUT2D eigenvalue weighted by Gasteiger charge is -2.30. The molecule has 19 heavy (non-hydrogen) atoms. The largest absolute Gasteiger partial charge is 0.446 e. The lowest BCUT2D eigenvalue weighted by Crippen LogP contribution is -2.31. The third-order valence-electron chi connectivity index (χ3n) is 3.76. The maximum Gasteiger partial charge on any atom is 0.411 e. The summed E-state index contributed by atoms with van der Waals surface area (Å²) in [5.41, 5.74) is 6.97. The van der Waals surface area contributed by atoms with Gasteiger partial charge in [-0.1, -0.05) is 19.4 Å². The molecule has 2 rings (SSSR count). The van der Waals surface area contributed by atoms with Crippen LogP contribution in [0.25, 0.3) is 0 Å². The number of nitrogens with one attached hydrogen (secondary N) is 1. The highest BCUT2D eigenvalue weighted by molar-refractivity contribution is 5.85. The number of anilines is 2. The Morgan fingerprint density at radius 2 is 2.21 bits per heavy atom. The number of amides is 1. The van der Waals surface area contributed by atoms with Gasteiger partial charge in [0.25, 0.3) is 0 Å². The van der Waals surface area contributed by atoms with Crippen LogP contribution in [0.1, 0.15) is 39.0 Å². The third-order valence-corrected chi connectivity index (χ3v) is 3.76. The smallest absolute Gasteiger partial charge is 0.411 e. The van der Waals surface area contributed by atoms with Gasteiger partial charge in [-0.25, -0.2) is 4.79 Å². The van der Waals surface area contributed by atoms with Gasteiger partial charge in [0, 0.05) is 11.4 Å². The van der Waals surface area contributed by atoms with Gasteiger partial charge < -0.3 is 10.5 Å². The van der Waals surface area contributed by atoms with Gasteiger partial charge in [0.1, 0.15) is 6.10 Å². The van der Waals surface area contributed by atoms with Crippen molar-refractivity contribution in [1.29, 1.82) is 0 Å². The van der Waals surface area contributed by atoms with E-state index in [2.05, 4.69) is 12.2 Å². The first-order valence-electron chi connectivity index (χ1n) is 7.02. The van der Waals surface area contributed by atoms with E-state index in [1.165, 1.54) is 6.42 Å². The number of hydrogen-bond acceptors (Lipinski definition) is 3. The van der Waals surface area contributed by atoms with Crippen LogP contribution in [0.15, 0.2) is 24.3 Å². The van der Waals surface area contributed by atoms with Gasteiger partial charge in [-0.3, -0.25) is 5.32 Å². The molecule has 0 saturated heterocycles. The molecule has 0 radical (unpaired) electrons. The number of nitrogens with two attached hydrogens (primary N) is 1. The summed E-state index contributed by atoms with van der Waals surface area (Å²) in [6.45, 7) is 2.15. The molecular formula is C15H22N2O2. The molecule has 0 heterocycles. The summed E-state index contributed by atoms with van der Waals surface area (Å²) in [7, 11) is 0. The molecule has 1 amide bonds. The van der Waals surface area contributed by atoms with Crippen molar-refractivity contribution in [2.45, 2.75) is 45.1 Å². The zero-order valence-electron chi connectivity index (χ0n) is 11.4. The normalized spacial score (nSPS) is 22.8. The van der Waals surface area contributed by atoms with E-state index >= 15 is 0 Å². The fourth-order valence-electron chi connectivity index (χ4n) is 2.70. The maximum absolute atomic E-state index is 11.9. The summed E-state index contributed by atoms with van der Waals surface area (Å²) in [4.78, 5) is 11.9. The third kappa shape index (κ3) is 3.88. The SMILES string of the molecule is CCC1CCCCC1OC(=O)Nc1cccc(N)c1. The molecule has 4 nitrogen and oxygen atoms in total. The molecule has 0 spiro atoms. The van der Waals surface area contributed by atoms with Gasteiger partial charge >= 0.3 is 6.09 Å². The number of hydrogen-bond donors (Lipinski definition) is 2. The molecule has 2 atom stereocenters. The van der Waals surface area contributed by atoms with Crippen LogP contribution < -0.4 is 11.1 Å². The summed E-state index contributed by atoms with van der Waals surface area (Å²) >= 11 is 0. The highest BCUT2D eigenvalue weighted by Crippen LogP contribution is 2.29. The zero-order valence-corrected chi connectivity index (χ0v) is 11.4. The van der Waals surface area contributed by atoms with Crippen LogP contribution in [0.2, 0.25) is 0 Å². The first kappa shape index (κ1) is 13.7. The molecule has 4 heteroatoms. The van der Waals surface area contributed by atoms with Crippen LogP contribution in [0.4, 0.5) is 16.2 Å². The number of benzene rings is 1. The highest BCUT2D eigenvalue weighted by atomic mass is 16.6. The van der Waals surface area contributed by atoms with Crippen LogP contribution in [-0.4, -0.2) is 12.2 Å². The molecular weight excluding hydrogens is 240 g/mol. The highest BCUT2D eigenvalue weighted by Gasteiger charge is 2.26. The second-order valence-electron chi connectivity index (χ2n) is 5.15. The molecule has 0 bridgehead atoms. The predicted molar refractivity (Wildman–Crippen MR) is 77.0 cm³/mol. The van der Waals surface area contributed by atoms with Crippen molar-refractivity contribution in [3.05, 3.63) is 24.3 Å². The Bertz CT molecular complexity index is 434. The summed E-state index contributed by atoms with van der Waals surface area (Å²) < 4.78 is 5.55. The Hall–Kier alpha value is -1.71. The van der Waals surface area contributed by atoms with E-state index < -0.39 is 0 Å². The monoisotopic (exact) mass is 262 g/mol. The van der Waals surface area contributed by atoms with Crippen LogP contribution in [0, 0.1) is 5.92 Å². The molecule has 1 saturated carbocycles. The molecule has 0 aliphatic heterocycles. The number of rotatable bonds is 3. The van der Waals surface area contributed by atoms with Crippen molar-refractivity contribution >= 4 is 17.5 Å². The molecule has 1 aliphatic carbocycles. The Kier molecular flexibility index (Phi) is 4.66. The molecule has 104 valence electrons. The summed E-state index contributed by atoms with van der Waals surface area (Å²) in [6.07, 6.45) is 5.27. The fourth-order valence-corrected chi connectivity index (χ4v) is 2.70. The average molecular weight is 262 g/mol. The van der Waals surface area contributed by atoms with Crippen LogP contribution in [0.3, 0.4) is 0 Å². The van der Waals surface area contributed by atoms with Gasteiger partial charge in [0.2, 0.25) is 0 Å². The van der Waals surface area contributed by atoms with Crippen molar-refractivity contribution < 1.29 is 9.53 Å². The van der Waals surface area contributed by atoms with Crippen molar-refractivity contribution in [2.75, 3.05) is 11.1 Å². The molecule has 3 N–H and O–H groups in total. The first-order chi connectivity index (χ1) is 9.19. The van der Waals surface area contributed by atoms with Crippen molar-refractivity contribution in [3.63, 3.8) is 0 Å². The van der Waals surface area contributed by atoms with E-state index in [4.69, 9.17) is 10.5 Å². The topological polar surface area (TPSA) is 64.3 Å². The van der Waals surface area contributed by atoms with Crippen LogP contribution >= 0.6 is 0 Å². The van der Waals surface area contributed by atoms with Crippen LogP contribution in [-0.2, 0) is 4.74 Å². The van der Waals surface area contributed by atoms with E-state index in [0.717, 1.165) is 25.7 Å². The van der Waals surface area contributed by atoms with Gasteiger partial charge in [-0.15, -0.1) is 0 Å². The van der Waals surface area contributed by atoms with Crippen molar-refractivity contribution in [1.82, 2.24) is 0 Å². The van der Waals surface area contributed by atoms with Crippen LogP contribution in [0.5, 0.6) is 0 Å². The summed E-state index contributed by atoms with van der Waals surface area (Å²) in [5, 5.41) is 2.73. The molecule has 1 aromatic carbocycles. The Labute approximate surface area is 114 Å². The lowest BCUT2D eigenvalue weighted by molar-refractivity contribution is 0.0443. The van der Waals surface area contributed by atoms with Gasteiger partial charge in [0.05, 0.1) is 0 Å². The minimum absolute atomic E-state index is 0.0554. The summed E-state index contributed by atoms with van der Waals surface area (Å²) in [5.74, 6) is 0.500. The Morgan fingerprint density at radius 1 is 1.42 bits per heavy atom. The quantitative estimate of drug-likeness (QED) is 0.815. The molecule has 1 fully saturated rings. The van der Waals surface area contributed by atoms with Gasteiger partial charge in [-0.2, -0.15) is 0 Å². The first-order valence-corrected chi connectivity index (χ1v) is 7.02. The Balaban J connectivity index is 1.90. The second-order valence-corrected chi connectivity index (χ2v) is 5.15. The van der Waals surface area contributed by atoms with Crippen molar-refractivity contribution in [2.24, 2.45) is 5.92 Å². The maximum atomic E-state index is 11.9. The molecule has 2 unspecified atom stereocenters.